The number of pyridine rings is 1. The molecular formula is C9H9BrN4O2. The third-order valence-electron chi connectivity index (χ3n) is 1.74. The van der Waals surface area contributed by atoms with Crippen molar-refractivity contribution < 1.29 is 4.79 Å². The molecule has 0 unspecified atom stereocenters. The van der Waals surface area contributed by atoms with Gasteiger partial charge in [-0.15, -0.1) is 0 Å². The van der Waals surface area contributed by atoms with Gasteiger partial charge in [-0.1, -0.05) is 0 Å². The lowest BCUT2D eigenvalue weighted by Gasteiger charge is -2.06. The van der Waals surface area contributed by atoms with Gasteiger partial charge in [0.05, 0.1) is 10.5 Å². The van der Waals surface area contributed by atoms with E-state index in [1.54, 1.807) is 6.07 Å². The number of nitriles is 1. The average molecular weight is 285 g/mol. The van der Waals surface area contributed by atoms with Gasteiger partial charge >= 0.3 is 0 Å². The minimum atomic E-state index is -0.416. The van der Waals surface area contributed by atoms with Crippen molar-refractivity contribution in [2.45, 2.75) is 6.54 Å². The van der Waals surface area contributed by atoms with Crippen LogP contribution in [0.2, 0.25) is 0 Å². The van der Waals surface area contributed by atoms with Crippen molar-refractivity contribution in [3.05, 3.63) is 27.1 Å². The number of amides is 1. The summed E-state index contributed by atoms with van der Waals surface area (Å²) < 4.78 is 1.46. The molecule has 0 spiro atoms. The van der Waals surface area contributed by atoms with E-state index in [0.29, 0.717) is 10.2 Å². The fourth-order valence-electron chi connectivity index (χ4n) is 1.09. The molecule has 0 aromatic carbocycles. The molecule has 1 heterocycles. The van der Waals surface area contributed by atoms with Gasteiger partial charge in [-0.2, -0.15) is 5.26 Å². The molecule has 0 saturated heterocycles. The van der Waals surface area contributed by atoms with Crippen LogP contribution in [0, 0.1) is 11.3 Å². The average Bonchev–Trinajstić information content (AvgIpc) is 2.22. The van der Waals surface area contributed by atoms with Gasteiger partial charge in [0.1, 0.15) is 13.1 Å². The first kappa shape index (κ1) is 12.3. The van der Waals surface area contributed by atoms with E-state index in [1.165, 1.54) is 16.8 Å². The van der Waals surface area contributed by atoms with Crippen molar-refractivity contribution >= 4 is 27.5 Å². The van der Waals surface area contributed by atoms with Crippen LogP contribution in [0.3, 0.4) is 0 Å². The molecule has 0 aliphatic heterocycles. The van der Waals surface area contributed by atoms with Gasteiger partial charge in [-0.3, -0.25) is 9.59 Å². The summed E-state index contributed by atoms with van der Waals surface area (Å²) in [7, 11) is 0. The van der Waals surface area contributed by atoms with Gasteiger partial charge < -0.3 is 15.6 Å². The van der Waals surface area contributed by atoms with Crippen LogP contribution < -0.4 is 16.6 Å². The fraction of sp³-hybridized carbons (Fsp3) is 0.222. The standard InChI is InChI=1S/C9H9BrN4O2/c10-7-3-6(12)4-14(9(7)16)5-8(15)13-2-1-11/h3-4H,2,5,12H2,(H,13,15). The second-order valence-corrected chi connectivity index (χ2v) is 3.84. The van der Waals surface area contributed by atoms with Gasteiger partial charge in [0.15, 0.2) is 0 Å². The van der Waals surface area contributed by atoms with Crippen molar-refractivity contribution in [3.63, 3.8) is 0 Å². The van der Waals surface area contributed by atoms with E-state index in [2.05, 4.69) is 21.2 Å². The summed E-state index contributed by atoms with van der Waals surface area (Å²) in [5, 5.41) is 10.6. The Labute approximate surface area is 99.8 Å². The Morgan fingerprint density at radius 1 is 1.69 bits per heavy atom. The Kier molecular flexibility index (Phi) is 4.08. The van der Waals surface area contributed by atoms with Crippen molar-refractivity contribution in [3.8, 4) is 6.07 Å². The third kappa shape index (κ3) is 3.10. The summed E-state index contributed by atoms with van der Waals surface area (Å²) in [5.74, 6) is -0.416. The van der Waals surface area contributed by atoms with Gasteiger partial charge in [0.25, 0.3) is 5.56 Å². The number of halogens is 1. The van der Waals surface area contributed by atoms with Crippen molar-refractivity contribution in [1.29, 1.82) is 5.26 Å². The van der Waals surface area contributed by atoms with Crippen LogP contribution in [0.1, 0.15) is 0 Å². The molecule has 0 atom stereocenters. The van der Waals surface area contributed by atoms with E-state index in [4.69, 9.17) is 11.0 Å². The van der Waals surface area contributed by atoms with Crippen LogP contribution in [0.4, 0.5) is 5.69 Å². The van der Waals surface area contributed by atoms with E-state index in [-0.39, 0.29) is 18.6 Å². The van der Waals surface area contributed by atoms with E-state index >= 15 is 0 Å². The minimum Gasteiger partial charge on any atom is -0.398 e. The zero-order valence-corrected chi connectivity index (χ0v) is 9.82. The zero-order chi connectivity index (χ0) is 12.1. The summed E-state index contributed by atoms with van der Waals surface area (Å²) in [4.78, 5) is 22.8. The summed E-state index contributed by atoms with van der Waals surface area (Å²) >= 11 is 3.04. The molecule has 7 heteroatoms. The third-order valence-corrected chi connectivity index (χ3v) is 2.31. The van der Waals surface area contributed by atoms with Crippen LogP contribution in [-0.2, 0) is 11.3 Å². The summed E-state index contributed by atoms with van der Waals surface area (Å²) in [6.45, 7) is -0.249. The van der Waals surface area contributed by atoms with Crippen LogP contribution in [0.15, 0.2) is 21.5 Å². The molecule has 0 aliphatic rings. The van der Waals surface area contributed by atoms with Gasteiger partial charge in [-0.25, -0.2) is 0 Å². The number of aromatic nitrogens is 1. The van der Waals surface area contributed by atoms with E-state index in [0.717, 1.165) is 0 Å². The molecule has 1 aromatic rings. The normalized spacial score (nSPS) is 9.50. The maximum Gasteiger partial charge on any atom is 0.265 e. The first-order valence-electron chi connectivity index (χ1n) is 4.33. The van der Waals surface area contributed by atoms with Crippen LogP contribution in [0.25, 0.3) is 0 Å². The molecular weight excluding hydrogens is 276 g/mol. The first-order valence-corrected chi connectivity index (χ1v) is 5.13. The second-order valence-electron chi connectivity index (χ2n) is 2.99. The zero-order valence-electron chi connectivity index (χ0n) is 8.24. The summed E-state index contributed by atoms with van der Waals surface area (Å²) in [5.41, 5.74) is 5.56. The Morgan fingerprint density at radius 3 is 3.00 bits per heavy atom. The smallest absolute Gasteiger partial charge is 0.265 e. The Bertz CT molecular complexity index is 503. The Balaban J connectivity index is 2.86. The highest BCUT2D eigenvalue weighted by Crippen LogP contribution is 2.07. The predicted molar refractivity (Wildman–Crippen MR) is 61.4 cm³/mol. The molecule has 1 aromatic heterocycles. The molecule has 1 amide bonds. The number of hydrogen-bond donors (Lipinski definition) is 2. The minimum absolute atomic E-state index is 0.0862. The number of nitrogens with two attached hydrogens (primary N) is 1. The van der Waals surface area contributed by atoms with Crippen LogP contribution in [-0.4, -0.2) is 17.0 Å². The summed E-state index contributed by atoms with van der Waals surface area (Å²) in [6, 6.07) is 3.23. The maximum absolute atomic E-state index is 11.5. The van der Waals surface area contributed by atoms with E-state index < -0.39 is 5.91 Å². The monoisotopic (exact) mass is 284 g/mol. The maximum atomic E-state index is 11.5. The van der Waals surface area contributed by atoms with Crippen molar-refractivity contribution in [2.75, 3.05) is 12.3 Å². The van der Waals surface area contributed by atoms with Gasteiger partial charge in [0.2, 0.25) is 5.91 Å². The molecule has 16 heavy (non-hydrogen) atoms. The highest BCUT2D eigenvalue weighted by atomic mass is 79.9. The van der Waals surface area contributed by atoms with Crippen LogP contribution >= 0.6 is 15.9 Å². The lowest BCUT2D eigenvalue weighted by molar-refractivity contribution is -0.121. The quantitative estimate of drug-likeness (QED) is 0.753. The van der Waals surface area contributed by atoms with E-state index in [1.807, 2.05) is 0 Å². The Hall–Kier alpha value is -1.81. The van der Waals surface area contributed by atoms with Gasteiger partial charge in [0, 0.05) is 11.9 Å². The number of carbonyl (C=O) groups is 1. The number of carbonyl (C=O) groups excluding carboxylic acids is 1. The lowest BCUT2D eigenvalue weighted by Crippen LogP contribution is -2.32. The predicted octanol–water partition coefficient (Wildman–Crippen LogP) is -0.167. The summed E-state index contributed by atoms with van der Waals surface area (Å²) in [6.07, 6.45) is 1.37. The lowest BCUT2D eigenvalue weighted by atomic mass is 10.4. The number of anilines is 1. The number of nitrogens with zero attached hydrogens (tertiary/aromatic N) is 2. The van der Waals surface area contributed by atoms with Gasteiger partial charge in [-0.05, 0) is 22.0 Å². The Morgan fingerprint density at radius 2 is 2.38 bits per heavy atom. The van der Waals surface area contributed by atoms with Crippen LogP contribution in [0.5, 0.6) is 0 Å². The molecule has 0 radical (unpaired) electrons. The number of nitrogen functional groups attached to an aromatic ring is 1. The molecule has 0 fully saturated rings. The molecule has 0 aliphatic carbocycles. The molecule has 84 valence electrons. The molecule has 0 saturated carbocycles. The van der Waals surface area contributed by atoms with Crippen molar-refractivity contribution in [1.82, 2.24) is 9.88 Å². The first-order chi connectivity index (χ1) is 7.54. The number of rotatable bonds is 3. The molecule has 1 rings (SSSR count). The topological polar surface area (TPSA) is 101 Å². The SMILES string of the molecule is N#CCNC(=O)Cn1cc(N)cc(Br)c1=O. The highest BCUT2D eigenvalue weighted by molar-refractivity contribution is 9.10. The molecule has 0 bridgehead atoms. The number of nitrogens with one attached hydrogen (secondary N) is 1. The number of hydrogen-bond acceptors (Lipinski definition) is 4. The van der Waals surface area contributed by atoms with Crippen molar-refractivity contribution in [2.24, 2.45) is 0 Å². The van der Waals surface area contributed by atoms with E-state index in [9.17, 15) is 9.59 Å². The largest absolute Gasteiger partial charge is 0.398 e. The second kappa shape index (κ2) is 5.32. The molecule has 6 nitrogen and oxygen atoms in total. The molecule has 3 N–H and O–H groups in total. The highest BCUT2D eigenvalue weighted by Gasteiger charge is 2.06. The fourth-order valence-corrected chi connectivity index (χ4v) is 1.58.